The van der Waals surface area contributed by atoms with Crippen LogP contribution >= 0.6 is 0 Å². The van der Waals surface area contributed by atoms with Crippen molar-refractivity contribution in [2.75, 3.05) is 50.8 Å². The van der Waals surface area contributed by atoms with Gasteiger partial charge in [0.1, 0.15) is 0 Å². The number of nitrogens with zero attached hydrogens (tertiary/aromatic N) is 3. The first-order valence-corrected chi connectivity index (χ1v) is 11.5. The van der Waals surface area contributed by atoms with Gasteiger partial charge in [0.05, 0.1) is 25.8 Å². The third kappa shape index (κ3) is 4.59. The van der Waals surface area contributed by atoms with Gasteiger partial charge in [-0.1, -0.05) is 12.1 Å². The summed E-state index contributed by atoms with van der Waals surface area (Å²) in [6.45, 7) is 3.90. The molecule has 7 nitrogen and oxygen atoms in total. The highest BCUT2D eigenvalue weighted by Crippen LogP contribution is 2.37. The topological polar surface area (TPSA) is 65.1 Å². The first-order chi connectivity index (χ1) is 15.4. The number of hydrogen-bond acceptors (Lipinski definition) is 5. The minimum Gasteiger partial charge on any atom is -0.378 e. The fourth-order valence-corrected chi connectivity index (χ4v) is 4.86. The second-order valence-electron chi connectivity index (χ2n) is 9.40. The highest BCUT2D eigenvalue weighted by Gasteiger charge is 2.53. The molecular weight excluding hydrogens is 418 g/mol. The number of hydrogen-bond donors (Lipinski definition) is 1. The Hall–Kier alpha value is -2.26. The zero-order chi connectivity index (χ0) is 22.3. The van der Waals surface area contributed by atoms with Gasteiger partial charge in [0.25, 0.3) is 5.92 Å². The third-order valence-corrected chi connectivity index (χ3v) is 6.96. The summed E-state index contributed by atoms with van der Waals surface area (Å²) in [5.74, 6) is -2.99. The molecule has 1 aromatic rings. The first-order valence-electron chi connectivity index (χ1n) is 11.5. The zero-order valence-corrected chi connectivity index (χ0v) is 18.1. The van der Waals surface area contributed by atoms with E-state index >= 15 is 0 Å². The summed E-state index contributed by atoms with van der Waals surface area (Å²) in [5.41, 5.74) is 2.04. The summed E-state index contributed by atoms with van der Waals surface area (Å²) >= 11 is 0. The van der Waals surface area contributed by atoms with E-state index in [1.54, 1.807) is 9.80 Å². The Bertz CT molecular complexity index is 849. The normalized spacial score (nSPS) is 26.1. The van der Waals surface area contributed by atoms with E-state index in [4.69, 9.17) is 4.74 Å². The second-order valence-corrected chi connectivity index (χ2v) is 9.40. The molecule has 9 heteroatoms. The lowest BCUT2D eigenvalue weighted by molar-refractivity contribution is -0.141. The van der Waals surface area contributed by atoms with E-state index in [9.17, 15) is 18.4 Å². The average Bonchev–Trinajstić information content (AvgIpc) is 3.56. The summed E-state index contributed by atoms with van der Waals surface area (Å²) in [4.78, 5) is 30.6. The number of morpholine rings is 1. The van der Waals surface area contributed by atoms with E-state index in [0.717, 1.165) is 37.2 Å². The van der Waals surface area contributed by atoms with Crippen LogP contribution in [0.2, 0.25) is 0 Å². The molecule has 1 saturated carbocycles. The molecule has 1 N–H and O–H groups in total. The molecule has 3 saturated heterocycles. The van der Waals surface area contributed by atoms with Gasteiger partial charge in [0.2, 0.25) is 11.8 Å². The van der Waals surface area contributed by atoms with Crippen molar-refractivity contribution in [3.63, 3.8) is 0 Å². The van der Waals surface area contributed by atoms with Crippen molar-refractivity contribution in [3.8, 4) is 0 Å². The predicted octanol–water partition coefficient (Wildman–Crippen LogP) is 1.47. The molecule has 5 rings (SSSR count). The number of anilines is 1. The molecular formula is C23H30F2N4O3. The lowest BCUT2D eigenvalue weighted by Gasteiger charge is -2.45. The first kappa shape index (κ1) is 21.6. The van der Waals surface area contributed by atoms with Crippen LogP contribution in [-0.4, -0.2) is 85.6 Å². The molecule has 3 aliphatic heterocycles. The molecule has 2 amide bonds. The van der Waals surface area contributed by atoms with E-state index < -0.39 is 24.9 Å². The highest BCUT2D eigenvalue weighted by atomic mass is 19.3. The number of amides is 2. The minimum atomic E-state index is -2.89. The summed E-state index contributed by atoms with van der Waals surface area (Å²) in [6, 6.07) is 6.92. The summed E-state index contributed by atoms with van der Waals surface area (Å²) in [5, 5.41) is 2.84. The molecule has 0 spiro atoms. The number of nitrogens with one attached hydrogen (secondary N) is 1. The Kier molecular flexibility index (Phi) is 5.79. The SMILES string of the molecule is O=C(NCc1ccc(N2CCOCC2)cc1)[C@@H]1CC(F)(F)CN1C1CN(C(=O)C2CC2)C1. The van der Waals surface area contributed by atoms with Crippen molar-refractivity contribution in [1.29, 1.82) is 0 Å². The maximum Gasteiger partial charge on any atom is 0.262 e. The van der Waals surface area contributed by atoms with Gasteiger partial charge in [0, 0.05) is 56.8 Å². The number of carbonyl (C=O) groups is 2. The minimum absolute atomic E-state index is 0.129. The largest absolute Gasteiger partial charge is 0.378 e. The summed E-state index contributed by atoms with van der Waals surface area (Å²) < 4.78 is 33.8. The van der Waals surface area contributed by atoms with E-state index in [0.29, 0.717) is 32.8 Å². The highest BCUT2D eigenvalue weighted by molar-refractivity contribution is 5.83. The van der Waals surface area contributed by atoms with Crippen LogP contribution < -0.4 is 10.2 Å². The molecule has 1 atom stereocenters. The van der Waals surface area contributed by atoms with E-state index in [-0.39, 0.29) is 23.8 Å². The maximum absolute atomic E-state index is 14.2. The van der Waals surface area contributed by atoms with Crippen LogP contribution in [0.5, 0.6) is 0 Å². The van der Waals surface area contributed by atoms with E-state index in [2.05, 4.69) is 10.2 Å². The van der Waals surface area contributed by atoms with Crippen LogP contribution in [0.1, 0.15) is 24.8 Å². The Balaban J connectivity index is 1.15. The number of alkyl halides is 2. The van der Waals surface area contributed by atoms with Crippen LogP contribution in [0.15, 0.2) is 24.3 Å². The Morgan fingerprint density at radius 1 is 1.09 bits per heavy atom. The van der Waals surface area contributed by atoms with Crippen LogP contribution in [-0.2, 0) is 20.9 Å². The fourth-order valence-electron chi connectivity index (χ4n) is 4.86. The fraction of sp³-hybridized carbons (Fsp3) is 0.652. The smallest absolute Gasteiger partial charge is 0.262 e. The zero-order valence-electron chi connectivity index (χ0n) is 18.1. The average molecular weight is 449 g/mol. The van der Waals surface area contributed by atoms with Gasteiger partial charge in [-0.3, -0.25) is 14.5 Å². The summed E-state index contributed by atoms with van der Waals surface area (Å²) in [6.07, 6.45) is 1.39. The number of carbonyl (C=O) groups excluding carboxylic acids is 2. The van der Waals surface area contributed by atoms with Gasteiger partial charge in [0.15, 0.2) is 0 Å². The van der Waals surface area contributed by atoms with Crippen molar-refractivity contribution >= 4 is 17.5 Å². The molecule has 0 radical (unpaired) electrons. The number of ether oxygens (including phenoxy) is 1. The van der Waals surface area contributed by atoms with Crippen LogP contribution in [0.3, 0.4) is 0 Å². The Morgan fingerprint density at radius 3 is 2.44 bits per heavy atom. The number of benzene rings is 1. The van der Waals surface area contributed by atoms with Crippen LogP contribution in [0.25, 0.3) is 0 Å². The molecule has 32 heavy (non-hydrogen) atoms. The number of rotatable bonds is 6. The quantitative estimate of drug-likeness (QED) is 0.714. The van der Waals surface area contributed by atoms with Crippen molar-refractivity contribution in [3.05, 3.63) is 29.8 Å². The van der Waals surface area contributed by atoms with Crippen LogP contribution in [0.4, 0.5) is 14.5 Å². The molecule has 1 aromatic carbocycles. The number of halogens is 2. The lowest BCUT2D eigenvalue weighted by Crippen LogP contribution is -2.64. The molecule has 1 aliphatic carbocycles. The molecule has 0 aromatic heterocycles. The van der Waals surface area contributed by atoms with Crippen molar-refractivity contribution in [1.82, 2.24) is 15.1 Å². The van der Waals surface area contributed by atoms with Gasteiger partial charge in [-0.25, -0.2) is 8.78 Å². The van der Waals surface area contributed by atoms with Crippen molar-refractivity contribution in [2.45, 2.75) is 43.8 Å². The van der Waals surface area contributed by atoms with Crippen molar-refractivity contribution in [2.24, 2.45) is 5.92 Å². The van der Waals surface area contributed by atoms with Gasteiger partial charge < -0.3 is 19.9 Å². The standard InChI is InChI=1S/C23H30F2N4O3/c24-23(25)11-20(29(15-23)19-13-28(14-19)22(31)17-3-4-17)21(30)26-12-16-1-5-18(6-2-16)27-7-9-32-10-8-27/h1-2,5-6,17,19-20H,3-4,7-15H2,(H,26,30)/t20-/m0/s1. The third-order valence-electron chi connectivity index (χ3n) is 6.96. The van der Waals surface area contributed by atoms with Gasteiger partial charge in [-0.2, -0.15) is 0 Å². The molecule has 174 valence electrons. The van der Waals surface area contributed by atoms with Gasteiger partial charge in [-0.05, 0) is 30.5 Å². The summed E-state index contributed by atoms with van der Waals surface area (Å²) in [7, 11) is 0. The Labute approximate surface area is 186 Å². The molecule has 0 bridgehead atoms. The number of likely N-dealkylation sites (tertiary alicyclic amines) is 2. The second kappa shape index (κ2) is 8.59. The Morgan fingerprint density at radius 2 is 1.78 bits per heavy atom. The van der Waals surface area contributed by atoms with Gasteiger partial charge in [-0.15, -0.1) is 0 Å². The maximum atomic E-state index is 14.2. The monoisotopic (exact) mass is 448 g/mol. The van der Waals surface area contributed by atoms with Crippen molar-refractivity contribution < 1.29 is 23.1 Å². The molecule has 4 aliphatic rings. The van der Waals surface area contributed by atoms with Crippen LogP contribution in [0, 0.1) is 5.92 Å². The van der Waals surface area contributed by atoms with E-state index in [1.807, 2.05) is 24.3 Å². The lowest BCUT2D eigenvalue weighted by atomic mass is 10.0. The molecule has 4 fully saturated rings. The van der Waals surface area contributed by atoms with Gasteiger partial charge >= 0.3 is 0 Å². The molecule has 0 unspecified atom stereocenters. The predicted molar refractivity (Wildman–Crippen MR) is 114 cm³/mol. The molecule has 3 heterocycles. The van der Waals surface area contributed by atoms with E-state index in [1.165, 1.54) is 0 Å².